The van der Waals surface area contributed by atoms with Crippen molar-refractivity contribution in [2.75, 3.05) is 0 Å². The number of rotatable bonds is 3. The fourth-order valence-electron chi connectivity index (χ4n) is 5.75. The van der Waals surface area contributed by atoms with Crippen LogP contribution in [-0.2, 0) is 28.0 Å². The van der Waals surface area contributed by atoms with Gasteiger partial charge in [0.2, 0.25) is 0 Å². The van der Waals surface area contributed by atoms with Crippen LogP contribution >= 0.6 is 0 Å². The number of hydrogen-bond acceptors (Lipinski definition) is 2. The summed E-state index contributed by atoms with van der Waals surface area (Å²) in [7, 11) is 0. The number of hydrogen-bond donors (Lipinski definition) is 0. The quantitative estimate of drug-likeness (QED) is 0.302. The lowest BCUT2D eigenvalue weighted by Crippen LogP contribution is -2.32. The lowest BCUT2D eigenvalue weighted by atomic mass is 9.80. The van der Waals surface area contributed by atoms with Gasteiger partial charge in [0.1, 0.15) is 0 Å². The number of esters is 1. The van der Waals surface area contributed by atoms with Crippen molar-refractivity contribution in [1.29, 1.82) is 0 Å². The first-order valence-corrected chi connectivity index (χ1v) is 11.2. The summed E-state index contributed by atoms with van der Waals surface area (Å²) in [5, 5.41) is 0. The highest BCUT2D eigenvalue weighted by Crippen LogP contribution is 2.48. The van der Waals surface area contributed by atoms with Gasteiger partial charge in [-0.15, -0.1) is 0 Å². The Kier molecular flexibility index (Phi) is 4.13. The molecule has 2 nitrogen and oxygen atoms in total. The van der Waals surface area contributed by atoms with Crippen molar-refractivity contribution in [1.82, 2.24) is 0 Å². The lowest BCUT2D eigenvalue weighted by Gasteiger charge is -2.34. The highest BCUT2D eigenvalue weighted by atomic mass is 16.6. The van der Waals surface area contributed by atoms with E-state index in [4.69, 9.17) is 4.74 Å². The van der Waals surface area contributed by atoms with Gasteiger partial charge in [-0.2, -0.15) is 0 Å². The Morgan fingerprint density at radius 2 is 1.09 bits per heavy atom. The minimum atomic E-state index is -0.868. The van der Waals surface area contributed by atoms with Crippen LogP contribution in [0.25, 0.3) is 22.3 Å². The molecule has 2 aliphatic rings. The number of carbonyl (C=O) groups is 1. The highest BCUT2D eigenvalue weighted by Gasteiger charge is 2.40. The van der Waals surface area contributed by atoms with E-state index >= 15 is 0 Å². The summed E-state index contributed by atoms with van der Waals surface area (Å²) in [4.78, 5) is 12.4. The Labute approximate surface area is 188 Å². The fourth-order valence-corrected chi connectivity index (χ4v) is 5.75. The van der Waals surface area contributed by atoms with Crippen LogP contribution in [0.4, 0.5) is 0 Å². The molecule has 0 heterocycles. The van der Waals surface area contributed by atoms with E-state index in [0.717, 1.165) is 24.0 Å². The summed E-state index contributed by atoms with van der Waals surface area (Å²) in [6.07, 6.45) is 1.71. The van der Waals surface area contributed by atoms with E-state index in [1.54, 1.807) is 0 Å². The summed E-state index contributed by atoms with van der Waals surface area (Å²) in [6.45, 7) is 3.57. The molecular formula is C30H24O2. The Balaban J connectivity index is 1.58. The zero-order valence-electron chi connectivity index (χ0n) is 18.3. The van der Waals surface area contributed by atoms with Crippen LogP contribution in [-0.4, -0.2) is 5.97 Å². The second kappa shape index (κ2) is 6.93. The van der Waals surface area contributed by atoms with E-state index in [-0.39, 0.29) is 5.97 Å². The molecule has 4 aromatic carbocycles. The number of carbonyl (C=O) groups excluding carboxylic acids is 1. The van der Waals surface area contributed by atoms with Crippen LogP contribution in [0.1, 0.15) is 47.2 Å². The molecule has 0 saturated heterocycles. The molecule has 0 saturated carbocycles. The molecule has 2 heteroatoms. The second-order valence-corrected chi connectivity index (χ2v) is 8.96. The molecule has 0 bridgehead atoms. The topological polar surface area (TPSA) is 26.3 Å². The van der Waals surface area contributed by atoms with Crippen LogP contribution in [0.3, 0.4) is 0 Å². The van der Waals surface area contributed by atoms with Gasteiger partial charge >= 0.3 is 5.97 Å². The Bertz CT molecular complexity index is 1300. The van der Waals surface area contributed by atoms with Gasteiger partial charge in [-0.05, 0) is 64.3 Å². The van der Waals surface area contributed by atoms with Crippen LogP contribution in [0, 0.1) is 0 Å². The van der Waals surface area contributed by atoms with Gasteiger partial charge in [-0.1, -0.05) is 84.9 Å². The standard InChI is InChI=1S/C30H24O2/c1-19(31)32-30(2,28-15-7-13-24-22-11-5-3-9-20(22)17-26(24)28)29-16-8-14-25-23-12-6-4-10-21(23)18-27(25)29/h3-16H,17-18H2,1-2H3. The van der Waals surface area contributed by atoms with Gasteiger partial charge in [-0.25, -0.2) is 0 Å². The molecule has 156 valence electrons. The van der Waals surface area contributed by atoms with Crippen molar-refractivity contribution in [2.24, 2.45) is 0 Å². The molecule has 0 N–H and O–H groups in total. The monoisotopic (exact) mass is 416 g/mol. The average Bonchev–Trinajstić information content (AvgIpc) is 3.36. The first-order valence-electron chi connectivity index (χ1n) is 11.2. The summed E-state index contributed by atoms with van der Waals surface area (Å²) in [6, 6.07) is 30.0. The summed E-state index contributed by atoms with van der Waals surface area (Å²) >= 11 is 0. The largest absolute Gasteiger partial charge is 0.450 e. The average molecular weight is 417 g/mol. The predicted molar refractivity (Wildman–Crippen MR) is 128 cm³/mol. The fraction of sp³-hybridized carbons (Fsp3) is 0.167. The molecule has 0 radical (unpaired) electrons. The summed E-state index contributed by atoms with van der Waals surface area (Å²) < 4.78 is 6.22. The molecule has 0 aromatic heterocycles. The number of benzene rings is 4. The van der Waals surface area contributed by atoms with Gasteiger partial charge in [0.25, 0.3) is 0 Å². The van der Waals surface area contributed by atoms with E-state index in [9.17, 15) is 4.79 Å². The minimum Gasteiger partial charge on any atom is -0.450 e. The summed E-state index contributed by atoms with van der Waals surface area (Å²) in [5.74, 6) is -0.270. The van der Waals surface area contributed by atoms with E-state index in [2.05, 4.69) is 91.9 Å². The molecule has 6 rings (SSSR count). The van der Waals surface area contributed by atoms with Crippen molar-refractivity contribution < 1.29 is 9.53 Å². The van der Waals surface area contributed by atoms with Crippen LogP contribution in [0.15, 0.2) is 84.9 Å². The normalized spacial score (nSPS) is 13.2. The van der Waals surface area contributed by atoms with Crippen LogP contribution < -0.4 is 0 Å². The molecule has 0 fully saturated rings. The molecule has 2 aliphatic carbocycles. The van der Waals surface area contributed by atoms with Gasteiger partial charge in [0.05, 0.1) is 0 Å². The Morgan fingerprint density at radius 1 is 0.656 bits per heavy atom. The first-order chi connectivity index (χ1) is 15.6. The smallest absolute Gasteiger partial charge is 0.303 e. The SMILES string of the molecule is CC(=O)OC(C)(c1cccc2c1Cc1ccccc1-2)c1cccc2c1Cc1ccccc1-2. The molecule has 4 aromatic rings. The minimum absolute atomic E-state index is 0.270. The Morgan fingerprint density at radius 3 is 1.56 bits per heavy atom. The third kappa shape index (κ3) is 2.69. The van der Waals surface area contributed by atoms with Crippen molar-refractivity contribution in [2.45, 2.75) is 32.3 Å². The van der Waals surface area contributed by atoms with Gasteiger partial charge in [0, 0.05) is 18.1 Å². The van der Waals surface area contributed by atoms with Crippen molar-refractivity contribution in [3.05, 3.63) is 118 Å². The second-order valence-electron chi connectivity index (χ2n) is 8.96. The van der Waals surface area contributed by atoms with Crippen molar-refractivity contribution in [3.8, 4) is 22.3 Å². The van der Waals surface area contributed by atoms with E-state index in [1.807, 2.05) is 0 Å². The third-order valence-electron chi connectivity index (χ3n) is 7.08. The van der Waals surface area contributed by atoms with Gasteiger partial charge < -0.3 is 4.74 Å². The number of fused-ring (bicyclic) bond motifs is 6. The van der Waals surface area contributed by atoms with E-state index < -0.39 is 5.60 Å². The number of ether oxygens (including phenoxy) is 1. The molecule has 0 unspecified atom stereocenters. The van der Waals surface area contributed by atoms with E-state index in [1.165, 1.54) is 51.4 Å². The molecule has 0 spiro atoms. The maximum atomic E-state index is 12.4. The van der Waals surface area contributed by atoms with Crippen LogP contribution in [0.5, 0.6) is 0 Å². The Hall–Kier alpha value is -3.65. The maximum Gasteiger partial charge on any atom is 0.303 e. The summed E-state index contributed by atoms with van der Waals surface area (Å²) in [5.41, 5.74) is 11.5. The maximum absolute atomic E-state index is 12.4. The molecule has 0 atom stereocenters. The molecule has 0 amide bonds. The highest BCUT2D eigenvalue weighted by molar-refractivity contribution is 5.81. The predicted octanol–water partition coefficient (Wildman–Crippen LogP) is 6.66. The van der Waals surface area contributed by atoms with Crippen molar-refractivity contribution in [3.63, 3.8) is 0 Å². The van der Waals surface area contributed by atoms with E-state index in [0.29, 0.717) is 0 Å². The lowest BCUT2D eigenvalue weighted by molar-refractivity contribution is -0.152. The third-order valence-corrected chi connectivity index (χ3v) is 7.08. The zero-order valence-corrected chi connectivity index (χ0v) is 18.3. The van der Waals surface area contributed by atoms with Crippen molar-refractivity contribution >= 4 is 5.97 Å². The van der Waals surface area contributed by atoms with Gasteiger partial charge in [0.15, 0.2) is 5.60 Å². The molecule has 32 heavy (non-hydrogen) atoms. The first kappa shape index (κ1) is 19.1. The van der Waals surface area contributed by atoms with Crippen LogP contribution in [0.2, 0.25) is 0 Å². The zero-order chi connectivity index (χ0) is 21.9. The molecular weight excluding hydrogens is 392 g/mol. The molecule has 0 aliphatic heterocycles. The van der Waals surface area contributed by atoms with Gasteiger partial charge in [-0.3, -0.25) is 4.79 Å².